The number of aromatic nitrogens is 4. The Kier molecular flexibility index (Phi) is 5.19. The van der Waals surface area contributed by atoms with Crippen molar-refractivity contribution in [3.8, 4) is 10.8 Å². The maximum absolute atomic E-state index is 13.8. The highest BCUT2D eigenvalue weighted by Gasteiger charge is 2.38. The van der Waals surface area contributed by atoms with E-state index >= 15 is 0 Å². The van der Waals surface area contributed by atoms with Crippen molar-refractivity contribution >= 4 is 29.2 Å². The van der Waals surface area contributed by atoms with Crippen LogP contribution in [0.25, 0.3) is 10.8 Å². The molecule has 1 fully saturated rings. The predicted octanol–water partition coefficient (Wildman–Crippen LogP) is 3.47. The van der Waals surface area contributed by atoms with Gasteiger partial charge in [0.05, 0.1) is 11.7 Å². The average Bonchev–Trinajstić information content (AvgIpc) is 3.49. The molecule has 0 aliphatic carbocycles. The average molecular weight is 476 g/mol. The van der Waals surface area contributed by atoms with E-state index in [1.54, 1.807) is 18.7 Å². The van der Waals surface area contributed by atoms with Crippen molar-refractivity contribution in [1.29, 1.82) is 0 Å². The Morgan fingerprint density at radius 2 is 1.85 bits per heavy atom. The molecule has 0 spiro atoms. The smallest absolute Gasteiger partial charge is 0.254 e. The molecule has 172 valence electrons. The lowest BCUT2D eigenvalue weighted by Gasteiger charge is -2.36. The van der Waals surface area contributed by atoms with E-state index in [1.165, 1.54) is 16.4 Å². The third-order valence-electron chi connectivity index (χ3n) is 5.95. The maximum atomic E-state index is 13.8. The van der Waals surface area contributed by atoms with E-state index in [9.17, 15) is 22.8 Å². The molecule has 1 unspecified atom stereocenters. The van der Waals surface area contributed by atoms with E-state index in [4.69, 9.17) is 4.98 Å². The standard InChI is InChI=1S/C21H19F3N6O2S/c1-10-17-18(29-5-3-4-15(29)31)26-19(20-25-11(2)27-33-20)30(17)7-6-28(10)21(32)12-8-13(22)16(24)14(23)9-12/h8-10H,3-7H2,1-2H3. The van der Waals surface area contributed by atoms with Crippen molar-refractivity contribution in [2.75, 3.05) is 18.0 Å². The van der Waals surface area contributed by atoms with Gasteiger partial charge in [0.25, 0.3) is 5.91 Å². The lowest BCUT2D eigenvalue weighted by Crippen LogP contribution is -2.42. The van der Waals surface area contributed by atoms with Crippen LogP contribution in [-0.2, 0) is 11.3 Å². The SMILES string of the molecule is Cc1nsc(-c2nc(N3CCCC3=O)c3n2CCN(C(=O)c2cc(F)c(F)c(F)c2)C3C)n1. The van der Waals surface area contributed by atoms with Gasteiger partial charge < -0.3 is 9.47 Å². The van der Waals surface area contributed by atoms with E-state index in [-0.39, 0.29) is 18.0 Å². The minimum absolute atomic E-state index is 0.0609. The molecule has 12 heteroatoms. The number of halogens is 3. The number of imidazole rings is 1. The molecule has 0 N–H and O–H groups in total. The number of hydrogen-bond acceptors (Lipinski definition) is 6. The summed E-state index contributed by atoms with van der Waals surface area (Å²) in [7, 11) is 0. The maximum Gasteiger partial charge on any atom is 0.254 e. The summed E-state index contributed by atoms with van der Waals surface area (Å²) >= 11 is 1.19. The summed E-state index contributed by atoms with van der Waals surface area (Å²) in [6.07, 6.45) is 1.11. The summed E-state index contributed by atoms with van der Waals surface area (Å²) in [5, 5.41) is 0.598. The van der Waals surface area contributed by atoms with Gasteiger partial charge in [0, 0.05) is 31.6 Å². The third kappa shape index (κ3) is 3.48. The fourth-order valence-electron chi connectivity index (χ4n) is 4.38. The second kappa shape index (κ2) is 7.94. The van der Waals surface area contributed by atoms with Crippen molar-refractivity contribution in [3.05, 3.63) is 46.7 Å². The van der Waals surface area contributed by atoms with Crippen molar-refractivity contribution in [2.45, 2.75) is 39.3 Å². The van der Waals surface area contributed by atoms with Crippen molar-refractivity contribution < 1.29 is 22.8 Å². The quantitative estimate of drug-likeness (QED) is 0.541. The fourth-order valence-corrected chi connectivity index (χ4v) is 5.05. The normalized spacial score (nSPS) is 18.2. The number of fused-ring (bicyclic) bond motifs is 1. The molecule has 0 radical (unpaired) electrons. The summed E-state index contributed by atoms with van der Waals surface area (Å²) in [4.78, 5) is 37.9. The molecule has 8 nitrogen and oxygen atoms in total. The molecule has 3 aromatic rings. The molecule has 33 heavy (non-hydrogen) atoms. The molecule has 2 aromatic heterocycles. The number of rotatable bonds is 3. The zero-order valence-corrected chi connectivity index (χ0v) is 18.6. The number of amides is 2. The molecule has 0 saturated carbocycles. The Morgan fingerprint density at radius 1 is 1.12 bits per heavy atom. The first-order chi connectivity index (χ1) is 15.8. The molecule has 1 saturated heterocycles. The summed E-state index contributed by atoms with van der Waals surface area (Å²) in [5.41, 5.74) is 0.348. The molecule has 5 rings (SSSR count). The van der Waals surface area contributed by atoms with Gasteiger partial charge in [-0.25, -0.2) is 23.1 Å². The number of carbonyl (C=O) groups is 2. The molecule has 1 atom stereocenters. The summed E-state index contributed by atoms with van der Waals surface area (Å²) in [5.74, 6) is -3.56. The Hall–Kier alpha value is -3.28. The highest BCUT2D eigenvalue weighted by atomic mass is 32.1. The summed E-state index contributed by atoms with van der Waals surface area (Å²) < 4.78 is 47.0. The molecule has 2 amide bonds. The van der Waals surface area contributed by atoms with E-state index in [0.717, 1.165) is 0 Å². The van der Waals surface area contributed by atoms with Crippen LogP contribution >= 0.6 is 11.5 Å². The lowest BCUT2D eigenvalue weighted by molar-refractivity contribution is -0.117. The van der Waals surface area contributed by atoms with Crippen LogP contribution in [0.2, 0.25) is 0 Å². The van der Waals surface area contributed by atoms with Crippen LogP contribution in [0.3, 0.4) is 0 Å². The van der Waals surface area contributed by atoms with Gasteiger partial charge in [0.1, 0.15) is 5.82 Å². The second-order valence-electron chi connectivity index (χ2n) is 8.02. The molecular weight excluding hydrogens is 457 g/mol. The molecule has 2 aliphatic rings. The molecule has 4 heterocycles. The van der Waals surface area contributed by atoms with Crippen LogP contribution in [-0.4, -0.2) is 48.7 Å². The largest absolute Gasteiger partial charge is 0.328 e. The Labute approximate surface area is 190 Å². The first-order valence-corrected chi connectivity index (χ1v) is 11.2. The first kappa shape index (κ1) is 21.6. The predicted molar refractivity (Wildman–Crippen MR) is 113 cm³/mol. The van der Waals surface area contributed by atoms with E-state index < -0.39 is 29.4 Å². The highest BCUT2D eigenvalue weighted by Crippen LogP contribution is 2.39. The van der Waals surface area contributed by atoms with Gasteiger partial charge in [-0.15, -0.1) is 0 Å². The van der Waals surface area contributed by atoms with Crippen LogP contribution in [0.4, 0.5) is 19.0 Å². The Morgan fingerprint density at radius 3 is 2.45 bits per heavy atom. The van der Waals surface area contributed by atoms with Gasteiger partial charge in [-0.05, 0) is 43.9 Å². The van der Waals surface area contributed by atoms with Gasteiger partial charge in [-0.3, -0.25) is 14.5 Å². The minimum Gasteiger partial charge on any atom is -0.328 e. The van der Waals surface area contributed by atoms with Crippen LogP contribution in [0.15, 0.2) is 12.1 Å². The minimum atomic E-state index is -1.62. The van der Waals surface area contributed by atoms with Crippen LogP contribution < -0.4 is 4.90 Å². The number of benzene rings is 1. The van der Waals surface area contributed by atoms with E-state index in [0.29, 0.717) is 66.2 Å². The van der Waals surface area contributed by atoms with Crippen molar-refractivity contribution in [3.63, 3.8) is 0 Å². The zero-order valence-electron chi connectivity index (χ0n) is 17.8. The number of anilines is 1. The number of aryl methyl sites for hydroxylation is 1. The number of carbonyl (C=O) groups excluding carboxylic acids is 2. The van der Waals surface area contributed by atoms with Gasteiger partial charge in [-0.2, -0.15) is 4.37 Å². The third-order valence-corrected chi connectivity index (χ3v) is 6.76. The van der Waals surface area contributed by atoms with E-state index in [2.05, 4.69) is 9.36 Å². The Bertz CT molecular complexity index is 1270. The number of hydrogen-bond donors (Lipinski definition) is 0. The van der Waals surface area contributed by atoms with Crippen molar-refractivity contribution in [1.82, 2.24) is 23.8 Å². The topological polar surface area (TPSA) is 84.2 Å². The van der Waals surface area contributed by atoms with Crippen LogP contribution in [0.5, 0.6) is 0 Å². The number of nitrogens with zero attached hydrogens (tertiary/aromatic N) is 6. The summed E-state index contributed by atoms with van der Waals surface area (Å²) in [6, 6.07) is 0.820. The monoisotopic (exact) mass is 476 g/mol. The molecule has 0 bridgehead atoms. The molecular formula is C21H19F3N6O2S. The lowest BCUT2D eigenvalue weighted by atomic mass is 10.1. The second-order valence-corrected chi connectivity index (χ2v) is 8.77. The van der Waals surface area contributed by atoms with Gasteiger partial charge in [-0.1, -0.05) is 0 Å². The van der Waals surface area contributed by atoms with Crippen molar-refractivity contribution in [2.24, 2.45) is 0 Å². The summed E-state index contributed by atoms with van der Waals surface area (Å²) in [6.45, 7) is 4.60. The first-order valence-electron chi connectivity index (χ1n) is 10.4. The fraction of sp³-hybridized carbons (Fsp3) is 0.381. The zero-order chi connectivity index (χ0) is 23.4. The van der Waals surface area contributed by atoms with Crippen LogP contribution in [0, 0.1) is 24.4 Å². The molecule has 2 aliphatic heterocycles. The van der Waals surface area contributed by atoms with Gasteiger partial charge in [0.15, 0.2) is 34.1 Å². The van der Waals surface area contributed by atoms with Gasteiger partial charge >= 0.3 is 0 Å². The highest BCUT2D eigenvalue weighted by molar-refractivity contribution is 7.09. The Balaban J connectivity index is 1.58. The van der Waals surface area contributed by atoms with Gasteiger partial charge in [0.2, 0.25) is 5.91 Å². The van der Waals surface area contributed by atoms with Crippen LogP contribution in [0.1, 0.15) is 47.7 Å². The molecule has 1 aromatic carbocycles. The van der Waals surface area contributed by atoms with E-state index in [1.807, 2.05) is 4.57 Å².